The van der Waals surface area contributed by atoms with Crippen LogP contribution in [0.5, 0.6) is 5.75 Å². The maximum Gasteiger partial charge on any atom is 0.311 e. The van der Waals surface area contributed by atoms with Crippen molar-refractivity contribution in [1.29, 1.82) is 0 Å². The summed E-state index contributed by atoms with van der Waals surface area (Å²) >= 11 is 5.11. The highest BCUT2D eigenvalue weighted by Gasteiger charge is 2.14. The van der Waals surface area contributed by atoms with Crippen molar-refractivity contribution in [3.63, 3.8) is 0 Å². The second-order valence-electron chi connectivity index (χ2n) is 4.73. The number of hydrogen-bond acceptors (Lipinski definition) is 5. The van der Waals surface area contributed by atoms with Gasteiger partial charge in [0.2, 0.25) is 0 Å². The predicted molar refractivity (Wildman–Crippen MR) is 96.3 cm³/mol. The Kier molecular flexibility index (Phi) is 6.21. The molecule has 0 unspecified atom stereocenters. The van der Waals surface area contributed by atoms with Gasteiger partial charge in [-0.3, -0.25) is 15.5 Å². The van der Waals surface area contributed by atoms with E-state index in [0.29, 0.717) is 17.2 Å². The molecule has 0 bridgehead atoms. The summed E-state index contributed by atoms with van der Waals surface area (Å²) in [7, 11) is 1.38. The zero-order valence-corrected chi connectivity index (χ0v) is 13.7. The van der Waals surface area contributed by atoms with Crippen molar-refractivity contribution in [2.24, 2.45) is 5.10 Å². The standard InChI is InChI=1S/C16H16N4O3S/c1-23-15-8-7-13(9-14(15)20(21)22)11-18-19-16(24)17-10-12-5-3-2-4-6-12/h2-9,11H,10H2,1H3,(H2,17,19,24)/b18-11+. The highest BCUT2D eigenvalue weighted by molar-refractivity contribution is 7.80. The molecule has 0 radical (unpaired) electrons. The molecule has 0 saturated heterocycles. The van der Waals surface area contributed by atoms with Crippen molar-refractivity contribution >= 4 is 29.2 Å². The number of methoxy groups -OCH3 is 1. The molecule has 0 aliphatic rings. The highest BCUT2D eigenvalue weighted by atomic mass is 32.1. The number of nitro groups is 1. The molecule has 0 aliphatic heterocycles. The molecule has 124 valence electrons. The zero-order chi connectivity index (χ0) is 17.4. The third kappa shape index (κ3) is 5.03. The number of nitrogens with one attached hydrogen (secondary N) is 2. The van der Waals surface area contributed by atoms with E-state index >= 15 is 0 Å². The quantitative estimate of drug-likeness (QED) is 0.362. The van der Waals surface area contributed by atoms with Crippen molar-refractivity contribution < 1.29 is 9.66 Å². The number of ether oxygens (including phenoxy) is 1. The summed E-state index contributed by atoms with van der Waals surface area (Å²) in [6.45, 7) is 0.580. The van der Waals surface area contributed by atoms with E-state index in [9.17, 15) is 10.1 Å². The minimum absolute atomic E-state index is 0.119. The first kappa shape index (κ1) is 17.4. The van der Waals surface area contributed by atoms with E-state index in [1.807, 2.05) is 30.3 Å². The van der Waals surface area contributed by atoms with Gasteiger partial charge in [-0.2, -0.15) is 5.10 Å². The highest BCUT2D eigenvalue weighted by Crippen LogP contribution is 2.26. The van der Waals surface area contributed by atoms with E-state index in [1.165, 1.54) is 25.5 Å². The summed E-state index contributed by atoms with van der Waals surface area (Å²) in [5.74, 6) is 0.199. The predicted octanol–water partition coefficient (Wildman–Crippen LogP) is 2.60. The summed E-state index contributed by atoms with van der Waals surface area (Å²) in [6.07, 6.45) is 1.45. The summed E-state index contributed by atoms with van der Waals surface area (Å²) in [6, 6.07) is 14.4. The van der Waals surface area contributed by atoms with Gasteiger partial charge in [0.25, 0.3) is 0 Å². The lowest BCUT2D eigenvalue weighted by Crippen LogP contribution is -2.31. The van der Waals surface area contributed by atoms with E-state index in [-0.39, 0.29) is 11.4 Å². The monoisotopic (exact) mass is 344 g/mol. The fourth-order valence-electron chi connectivity index (χ4n) is 1.91. The molecular formula is C16H16N4O3S. The van der Waals surface area contributed by atoms with Gasteiger partial charge in [0.05, 0.1) is 18.2 Å². The first-order chi connectivity index (χ1) is 11.6. The normalized spacial score (nSPS) is 10.4. The van der Waals surface area contributed by atoms with Crippen molar-refractivity contribution in [3.05, 3.63) is 69.8 Å². The number of nitro benzene ring substituents is 1. The van der Waals surface area contributed by atoms with Crippen molar-refractivity contribution in [1.82, 2.24) is 10.7 Å². The van der Waals surface area contributed by atoms with E-state index in [0.717, 1.165) is 5.56 Å². The Bertz CT molecular complexity index is 750. The smallest absolute Gasteiger partial charge is 0.311 e. The molecule has 0 heterocycles. The molecular weight excluding hydrogens is 328 g/mol. The Morgan fingerprint density at radius 1 is 1.33 bits per heavy atom. The van der Waals surface area contributed by atoms with Crippen LogP contribution in [-0.2, 0) is 6.54 Å². The number of hydrogen-bond donors (Lipinski definition) is 2. The van der Waals surface area contributed by atoms with E-state index in [4.69, 9.17) is 17.0 Å². The molecule has 7 nitrogen and oxygen atoms in total. The Hall–Kier alpha value is -3.00. The fourth-order valence-corrected chi connectivity index (χ4v) is 2.04. The molecule has 8 heteroatoms. The van der Waals surface area contributed by atoms with Gasteiger partial charge in [0, 0.05) is 18.2 Å². The first-order valence-electron chi connectivity index (χ1n) is 7.03. The van der Waals surface area contributed by atoms with Gasteiger partial charge in [0.15, 0.2) is 10.9 Å². The molecule has 0 fully saturated rings. The number of thiocarbonyl (C=S) groups is 1. The van der Waals surface area contributed by atoms with Crippen LogP contribution in [-0.4, -0.2) is 23.4 Å². The van der Waals surface area contributed by atoms with Gasteiger partial charge in [-0.25, -0.2) is 0 Å². The first-order valence-corrected chi connectivity index (χ1v) is 7.44. The van der Waals surface area contributed by atoms with Crippen molar-refractivity contribution in [2.75, 3.05) is 7.11 Å². The molecule has 24 heavy (non-hydrogen) atoms. The number of nitrogens with zero attached hydrogens (tertiary/aromatic N) is 2. The van der Waals surface area contributed by atoms with Crippen LogP contribution in [0.25, 0.3) is 0 Å². The van der Waals surface area contributed by atoms with Gasteiger partial charge in [-0.05, 0) is 29.9 Å². The van der Waals surface area contributed by atoms with Gasteiger partial charge < -0.3 is 10.1 Å². The third-order valence-corrected chi connectivity index (χ3v) is 3.31. The summed E-state index contributed by atoms with van der Waals surface area (Å²) in [5.41, 5.74) is 4.20. The lowest BCUT2D eigenvalue weighted by Gasteiger charge is -2.06. The Morgan fingerprint density at radius 2 is 2.08 bits per heavy atom. The van der Waals surface area contributed by atoms with Crippen LogP contribution in [0.15, 0.2) is 53.6 Å². The molecule has 2 aromatic rings. The SMILES string of the molecule is COc1ccc(/C=N/NC(=S)NCc2ccccc2)cc1[N+](=O)[O-]. The molecule has 2 N–H and O–H groups in total. The second kappa shape index (κ2) is 8.59. The number of hydrazone groups is 1. The second-order valence-corrected chi connectivity index (χ2v) is 5.13. The molecule has 0 aromatic heterocycles. The van der Waals surface area contributed by atoms with Crippen LogP contribution in [0.1, 0.15) is 11.1 Å². The maximum absolute atomic E-state index is 11.0. The van der Waals surface area contributed by atoms with Crippen LogP contribution in [0.4, 0.5) is 5.69 Å². The molecule has 0 aliphatic carbocycles. The molecule has 2 rings (SSSR count). The summed E-state index contributed by atoms with van der Waals surface area (Å²) in [4.78, 5) is 10.5. The summed E-state index contributed by atoms with van der Waals surface area (Å²) < 4.78 is 4.95. The van der Waals surface area contributed by atoms with Crippen molar-refractivity contribution in [2.45, 2.75) is 6.54 Å². The molecule has 2 aromatic carbocycles. The van der Waals surface area contributed by atoms with Crippen molar-refractivity contribution in [3.8, 4) is 5.75 Å². The van der Waals surface area contributed by atoms with Crippen LogP contribution in [0.3, 0.4) is 0 Å². The molecule has 0 atom stereocenters. The Balaban J connectivity index is 1.90. The molecule has 0 spiro atoms. The molecule has 0 saturated carbocycles. The number of benzene rings is 2. The van der Waals surface area contributed by atoms with E-state index in [2.05, 4.69) is 15.8 Å². The lowest BCUT2D eigenvalue weighted by atomic mass is 10.2. The van der Waals surface area contributed by atoms with Gasteiger partial charge in [0.1, 0.15) is 0 Å². The van der Waals surface area contributed by atoms with E-state index in [1.54, 1.807) is 6.07 Å². The fraction of sp³-hybridized carbons (Fsp3) is 0.125. The largest absolute Gasteiger partial charge is 0.490 e. The topological polar surface area (TPSA) is 88.8 Å². The molecule has 0 amide bonds. The van der Waals surface area contributed by atoms with Gasteiger partial charge in [-0.15, -0.1) is 0 Å². The summed E-state index contributed by atoms with van der Waals surface area (Å²) in [5, 5.41) is 18.3. The average Bonchev–Trinajstić information content (AvgIpc) is 2.60. The average molecular weight is 344 g/mol. The number of rotatable bonds is 6. The van der Waals surface area contributed by atoms with Crippen LogP contribution in [0.2, 0.25) is 0 Å². The minimum Gasteiger partial charge on any atom is -0.490 e. The van der Waals surface area contributed by atoms with Crippen LogP contribution in [0, 0.1) is 10.1 Å². The third-order valence-electron chi connectivity index (χ3n) is 3.08. The van der Waals surface area contributed by atoms with Crippen LogP contribution >= 0.6 is 12.2 Å². The van der Waals surface area contributed by atoms with Gasteiger partial charge >= 0.3 is 5.69 Å². The minimum atomic E-state index is -0.504. The van der Waals surface area contributed by atoms with E-state index < -0.39 is 4.92 Å². The van der Waals surface area contributed by atoms with Gasteiger partial charge in [-0.1, -0.05) is 30.3 Å². The zero-order valence-electron chi connectivity index (χ0n) is 12.9. The Labute approximate surface area is 144 Å². The Morgan fingerprint density at radius 3 is 2.75 bits per heavy atom. The lowest BCUT2D eigenvalue weighted by molar-refractivity contribution is -0.385. The van der Waals surface area contributed by atoms with Crippen LogP contribution < -0.4 is 15.5 Å². The maximum atomic E-state index is 11.0.